The fourth-order valence-corrected chi connectivity index (χ4v) is 21.3. The van der Waals surface area contributed by atoms with E-state index >= 15 is 0 Å². The van der Waals surface area contributed by atoms with Crippen LogP contribution >= 0.6 is 0 Å². The molecule has 16 rings (SSSR count). The molecule has 16 bridgehead atoms. The number of aliphatic carboxylic acids is 2. The first-order valence-corrected chi connectivity index (χ1v) is 49.7. The smallest absolute Gasteiger partial charge is 0.480 e. The average molecular weight is 1970 g/mol. The zero-order valence-corrected chi connectivity index (χ0v) is 84.9. The number of carboxylic acids is 2. The molecule has 0 saturated carbocycles. The van der Waals surface area contributed by atoms with Crippen molar-refractivity contribution in [2.75, 3.05) is 47.4 Å². The second-order valence-electron chi connectivity index (χ2n) is 38.9. The number of H-pyrrole nitrogens is 5. The van der Waals surface area contributed by atoms with Crippen molar-refractivity contribution in [3.63, 3.8) is 0 Å². The summed E-state index contributed by atoms with van der Waals surface area (Å²) in [5.41, 5.74) is 34.5. The number of aromatic amines is 5. The van der Waals surface area contributed by atoms with E-state index in [1.807, 2.05) is 127 Å². The number of carbonyl (C=O) groups excluding carboxylic acids is 9. The summed E-state index contributed by atoms with van der Waals surface area (Å²) in [4.78, 5) is 185. The van der Waals surface area contributed by atoms with Crippen molar-refractivity contribution < 1.29 is 82.5 Å². The first-order valence-electron chi connectivity index (χ1n) is 49.7. The van der Waals surface area contributed by atoms with E-state index in [0.717, 1.165) is 115 Å². The van der Waals surface area contributed by atoms with Gasteiger partial charge in [-0.15, -0.1) is 0 Å². The second kappa shape index (κ2) is 45.6. The lowest BCUT2D eigenvalue weighted by Crippen LogP contribution is -2.41. The van der Waals surface area contributed by atoms with Gasteiger partial charge in [-0.25, -0.2) is 4.79 Å². The van der Waals surface area contributed by atoms with Crippen LogP contribution in [0.3, 0.4) is 0 Å². The van der Waals surface area contributed by atoms with Gasteiger partial charge in [0.15, 0.2) is 23.1 Å². The van der Waals surface area contributed by atoms with Crippen molar-refractivity contribution in [3.05, 3.63) is 227 Å². The number of Topliss-reactive ketones (excluding diaryl/α,β-unsaturated/α-hetero) is 5. The monoisotopic (exact) mass is 1970 g/mol. The Morgan fingerprint density at radius 1 is 0.510 bits per heavy atom. The van der Waals surface area contributed by atoms with Gasteiger partial charge in [-0.1, -0.05) is 102 Å². The SMILES string of the molecule is CC[C@H]1c2cc3[nH]c4c(c3C)C(=O)C(C(=O)OC)c4c3nc(cc4[nH]c(cc(n2)[C@@H]1C)c(C(C)=O)c4C)[C@@H](C)[C@@H]3CCC(=O)NCCC[C@H](NCCc1ccc(B(O)O)cc1)C(=O)O.CC[C@H]1c2cc3[nH]c4c(c3C)C(=O)C(C(=O)OC)c4c3nc(cc4[nH]c(cc(n2)[C@@H]1C)c(C(C)=O)c4C)[C@@H](C)[C@@H]3CCC(C)=O.CNCCCCC(NC(=O)CCN=C(N)c1ccc(-c2cc3ccc(C(=N)N)cc3[nH]2)cc1)C(=O)O. The quantitative estimate of drug-likeness (QED) is 0.00334. The summed E-state index contributed by atoms with van der Waals surface area (Å²) in [6.07, 6.45) is 6.17. The van der Waals surface area contributed by atoms with E-state index in [-0.39, 0.29) is 120 Å². The Kier molecular flexibility index (Phi) is 33.4. The standard InChI is InChI=1S/C48H57BN6O9.C36H40N4O5.C26H33N7O3/c1-8-30-23(2)33-22-38-40(27(6)56)25(4)35(53-38)20-34-24(3)31(44(54-34)42-43(48(61)64-7)46(58)41-26(5)36(55-45(41)42)21-37(30)52-33)15-16-39(57)51-18-9-10-32(47(59)60)50-19-17-28-11-13-29(14-12-28)49(62)63;1-9-21-16(3)23-14-28-29(20(7)42)18(5)25(38-28)12-24-17(4)22(11-10-15(2)41)33(39-24)31-32(36(44)45-8)35(43)30-19(6)26(40-34(30)31)13-27(21)37-23;1-30-12-3-2-4-20(26(35)36)33-23(34)11-13-31-25(29)17-7-5-16(6-8-17)21-14-18-9-10-19(24(27)28)15-22(18)32-21/h11-14,20-24,30-32,43,50,53,55,62-63H,8-10,15-19H2,1-7H3,(H,51,57)(H,59,60);12-14,16-17,21-22,32,38,40H,9-11H2,1-8H3;5-10,14-15,20,30,32H,2-4,11-13H2,1H3,(H3,27,28)(H2,29,31)(H,33,34)(H,35,36)/t23-,24+,30-,31+,32+,43?;16-,17+,21-,22+,32?;/m11./s1. The summed E-state index contributed by atoms with van der Waals surface area (Å²) >= 11 is 0. The number of fused-ring (bicyclic) bond motifs is 17. The van der Waals surface area contributed by atoms with Crippen molar-refractivity contribution in [1.29, 1.82) is 5.41 Å². The van der Waals surface area contributed by atoms with E-state index in [1.54, 1.807) is 45.0 Å². The van der Waals surface area contributed by atoms with Crippen LogP contribution in [0.4, 0.5) is 0 Å². The predicted molar refractivity (Wildman–Crippen MR) is 557 cm³/mol. The maximum Gasteiger partial charge on any atom is 0.488 e. The number of rotatable bonds is 35. The molecular formula is C110H130BN17O17. The Labute approximate surface area is 840 Å². The molecule has 3 unspecified atom stereocenters. The van der Waals surface area contributed by atoms with Gasteiger partial charge in [-0.2, -0.15) is 0 Å². The number of hydrogen-bond acceptors (Lipinski definition) is 23. The number of hydrogen-bond donors (Lipinski definition) is 16. The molecule has 760 valence electrons. The number of esters is 2. The van der Waals surface area contributed by atoms with Crippen molar-refractivity contribution >= 4 is 144 Å². The van der Waals surface area contributed by atoms with Crippen LogP contribution < -0.4 is 38.2 Å². The van der Waals surface area contributed by atoms with Gasteiger partial charge in [0.05, 0.1) is 54.2 Å². The van der Waals surface area contributed by atoms with Gasteiger partial charge >= 0.3 is 31.0 Å². The number of ether oxygens (including phenoxy) is 2. The second-order valence-corrected chi connectivity index (χ2v) is 38.9. The Bertz CT molecular complexity index is 7190. The Hall–Kier alpha value is -14.5. The van der Waals surface area contributed by atoms with Crippen LogP contribution in [-0.2, 0) is 49.5 Å². The molecule has 2 amide bonds. The Morgan fingerprint density at radius 2 is 0.979 bits per heavy atom. The third-order valence-electron chi connectivity index (χ3n) is 29.6. The number of aliphatic imine (C=N–C) groups is 1. The molecule has 145 heavy (non-hydrogen) atoms. The molecule has 11 heterocycles. The molecule has 10 aromatic rings. The highest BCUT2D eigenvalue weighted by Gasteiger charge is 2.48. The van der Waals surface area contributed by atoms with Crippen molar-refractivity contribution in [2.45, 2.75) is 245 Å². The van der Waals surface area contributed by atoms with Gasteiger partial charge in [0, 0.05) is 190 Å². The van der Waals surface area contributed by atoms with Gasteiger partial charge in [-0.05, 0) is 220 Å². The highest BCUT2D eigenvalue weighted by atomic mass is 16.5. The molecule has 12 atom stereocenters. The molecular weight excluding hydrogens is 1840 g/mol. The number of ketones is 5. The normalized spacial score (nSPS) is 18.5. The highest BCUT2D eigenvalue weighted by molar-refractivity contribution is 6.58. The summed E-state index contributed by atoms with van der Waals surface area (Å²) in [6.45, 7) is 26.5. The largest absolute Gasteiger partial charge is 0.488 e. The maximum absolute atomic E-state index is 14.4. The van der Waals surface area contributed by atoms with Crippen LogP contribution in [0.1, 0.15) is 336 Å². The molecule has 0 fully saturated rings. The third kappa shape index (κ3) is 22.5. The van der Waals surface area contributed by atoms with Crippen LogP contribution in [0, 0.1) is 33.1 Å². The number of aryl methyl sites for hydroxylation is 4. The lowest BCUT2D eigenvalue weighted by Gasteiger charge is -2.19. The van der Waals surface area contributed by atoms with E-state index in [4.69, 9.17) is 46.3 Å². The Balaban J connectivity index is 0.000000180. The van der Waals surface area contributed by atoms with Crippen LogP contribution in [0.25, 0.3) is 66.3 Å². The van der Waals surface area contributed by atoms with E-state index in [0.29, 0.717) is 157 Å². The lowest BCUT2D eigenvalue weighted by atomic mass is 9.80. The first kappa shape index (κ1) is 106. The number of unbranched alkanes of at least 4 members (excludes halogenated alkanes) is 1. The number of carbonyl (C=O) groups is 11. The van der Waals surface area contributed by atoms with Gasteiger partial charge in [-0.3, -0.25) is 73.5 Å². The number of nitrogens with one attached hydrogen (secondary N) is 10. The molecule has 6 aliphatic rings. The average Bonchev–Trinajstić information content (AvgIpc) is 1.56. The number of methoxy groups -OCH3 is 2. The highest BCUT2D eigenvalue weighted by Crippen LogP contribution is 2.52. The van der Waals surface area contributed by atoms with E-state index in [2.05, 4.69) is 85.8 Å². The summed E-state index contributed by atoms with van der Waals surface area (Å²) in [5, 5.41) is 58.0. The van der Waals surface area contributed by atoms with E-state index in [1.165, 1.54) is 14.2 Å². The van der Waals surface area contributed by atoms with Gasteiger partial charge in [0.25, 0.3) is 0 Å². The van der Waals surface area contributed by atoms with Crippen molar-refractivity contribution in [1.82, 2.24) is 66.1 Å². The molecule has 7 aromatic heterocycles. The number of aromatic nitrogens is 9. The molecule has 18 N–H and O–H groups in total. The van der Waals surface area contributed by atoms with Gasteiger partial charge < -0.3 is 92.2 Å². The number of nitrogen functional groups attached to an aromatic ring is 1. The van der Waals surface area contributed by atoms with Crippen molar-refractivity contribution in [2.24, 2.45) is 16.5 Å². The zero-order valence-electron chi connectivity index (χ0n) is 84.9. The predicted octanol–water partition coefficient (Wildman–Crippen LogP) is 14.7. The fourth-order valence-electron chi connectivity index (χ4n) is 21.3. The number of amides is 2. The summed E-state index contributed by atoms with van der Waals surface area (Å²) in [6, 6.07) is 32.0. The van der Waals surface area contributed by atoms with Crippen molar-refractivity contribution in [3.8, 4) is 11.3 Å². The molecule has 0 radical (unpaired) electrons. The number of nitrogens with zero attached hydrogens (tertiary/aromatic N) is 5. The number of amidine groups is 2. The maximum atomic E-state index is 14.4. The minimum absolute atomic E-state index is 0.0199. The van der Waals surface area contributed by atoms with Crippen LogP contribution in [0.2, 0.25) is 0 Å². The molecule has 34 nitrogen and oxygen atoms in total. The third-order valence-corrected chi connectivity index (χ3v) is 29.6. The number of benzene rings is 3. The zero-order chi connectivity index (χ0) is 105. The molecule has 35 heteroatoms. The fraction of sp³-hybridized carbons (Fsp3) is 0.409. The molecule has 0 saturated heterocycles. The van der Waals surface area contributed by atoms with E-state index < -0.39 is 60.8 Å². The van der Waals surface area contributed by atoms with Crippen LogP contribution in [0.15, 0.2) is 114 Å². The topological polar surface area (TPSA) is 554 Å². The molecule has 4 aliphatic heterocycles. The molecule has 2 aliphatic carbocycles. The van der Waals surface area contributed by atoms with E-state index in [9.17, 15) is 73.0 Å². The number of carboxylic acid groups (broad SMARTS) is 2. The van der Waals surface area contributed by atoms with Crippen LogP contribution in [0.5, 0.6) is 0 Å². The Morgan fingerprint density at radius 3 is 1.45 bits per heavy atom. The lowest BCUT2D eigenvalue weighted by molar-refractivity contribution is -0.142. The number of nitrogens with two attached hydrogens (primary N) is 2. The summed E-state index contributed by atoms with van der Waals surface area (Å²) in [7, 11) is 2.83. The van der Waals surface area contributed by atoms with Gasteiger partial charge in [0.1, 0.15) is 41.4 Å². The molecule has 3 aromatic carbocycles. The molecule has 0 spiro atoms. The summed E-state index contributed by atoms with van der Waals surface area (Å²) < 4.78 is 10.4. The van der Waals surface area contributed by atoms with Crippen LogP contribution in [-0.4, -0.2) is 208 Å². The van der Waals surface area contributed by atoms with Gasteiger partial charge in [0.2, 0.25) is 11.8 Å². The minimum Gasteiger partial charge on any atom is -0.480 e. The minimum atomic E-state index is -1.56. The summed E-state index contributed by atoms with van der Waals surface area (Å²) in [5.74, 6) is -7.47. The first-order chi connectivity index (χ1) is 69.2.